The highest BCUT2D eigenvalue weighted by molar-refractivity contribution is 6.35. The second kappa shape index (κ2) is 4.79. The Morgan fingerprint density at radius 3 is 2.35 bits per heavy atom. The van der Waals surface area contributed by atoms with Gasteiger partial charge in [-0.25, -0.2) is 0 Å². The van der Waals surface area contributed by atoms with E-state index in [2.05, 4.69) is 14.5 Å². The van der Waals surface area contributed by atoms with E-state index in [9.17, 15) is 18.0 Å². The van der Waals surface area contributed by atoms with Crippen molar-refractivity contribution in [3.63, 3.8) is 0 Å². The summed E-state index contributed by atoms with van der Waals surface area (Å²) >= 11 is 5.57. The fourth-order valence-corrected chi connectivity index (χ4v) is 1.30. The van der Waals surface area contributed by atoms with Crippen LogP contribution in [0.4, 0.5) is 13.2 Å². The highest BCUT2D eigenvalue weighted by Gasteiger charge is 2.41. The molecule has 0 amide bonds. The lowest BCUT2D eigenvalue weighted by Crippen LogP contribution is -2.23. The van der Waals surface area contributed by atoms with Crippen molar-refractivity contribution in [3.8, 4) is 11.8 Å². The van der Waals surface area contributed by atoms with Crippen molar-refractivity contribution in [1.82, 2.24) is 4.98 Å². The molecule has 4 nitrogen and oxygen atoms in total. The topological polar surface area (TPSA) is 48.4 Å². The third kappa shape index (κ3) is 2.79. The first-order chi connectivity index (χ1) is 7.81. The number of methoxy groups -OCH3 is 2. The average Bonchev–Trinajstić information content (AvgIpc) is 2.27. The van der Waals surface area contributed by atoms with Crippen LogP contribution < -0.4 is 9.47 Å². The minimum Gasteiger partial charge on any atom is -0.481 e. The van der Waals surface area contributed by atoms with E-state index in [-0.39, 0.29) is 11.8 Å². The lowest BCUT2D eigenvalue weighted by Gasteiger charge is -2.11. The van der Waals surface area contributed by atoms with Crippen LogP contribution in [0.1, 0.15) is 10.4 Å². The monoisotopic (exact) mass is 269 g/mol. The van der Waals surface area contributed by atoms with Gasteiger partial charge in [-0.1, -0.05) is 11.6 Å². The van der Waals surface area contributed by atoms with Crippen molar-refractivity contribution in [2.24, 2.45) is 0 Å². The molecule has 8 heteroatoms. The number of nitrogens with zero attached hydrogens (tertiary/aromatic N) is 1. The maximum atomic E-state index is 12.3. The van der Waals surface area contributed by atoms with Crippen LogP contribution in [0.5, 0.6) is 11.8 Å². The molecule has 0 radical (unpaired) electrons. The maximum absolute atomic E-state index is 12.3. The van der Waals surface area contributed by atoms with E-state index < -0.39 is 22.5 Å². The van der Waals surface area contributed by atoms with Gasteiger partial charge in [-0.05, 0) is 0 Å². The van der Waals surface area contributed by atoms with Gasteiger partial charge in [0, 0.05) is 6.07 Å². The quantitative estimate of drug-likeness (QED) is 0.791. The number of rotatable bonds is 3. The molecule has 0 aliphatic rings. The van der Waals surface area contributed by atoms with Crippen molar-refractivity contribution >= 4 is 17.4 Å². The number of carbonyl (C=O) groups excluding carboxylic acids is 1. The van der Waals surface area contributed by atoms with E-state index in [4.69, 9.17) is 11.6 Å². The highest BCUT2D eigenvalue weighted by Crippen LogP contribution is 2.33. The molecule has 17 heavy (non-hydrogen) atoms. The standard InChI is InChI=1S/C9H7ClF3NO3/c1-16-5-3-4(7(15)9(11,12)13)6(10)8(14-5)17-2/h3H,1-2H3. The van der Waals surface area contributed by atoms with Crippen molar-refractivity contribution in [3.05, 3.63) is 16.7 Å². The molecule has 1 aromatic heterocycles. The molecule has 0 unspecified atom stereocenters. The number of halogens is 4. The zero-order valence-electron chi connectivity index (χ0n) is 8.76. The molecule has 1 aromatic rings. The van der Waals surface area contributed by atoms with Crippen LogP contribution in [0.2, 0.25) is 5.02 Å². The van der Waals surface area contributed by atoms with E-state index in [1.165, 1.54) is 7.11 Å². The number of aromatic nitrogens is 1. The molecule has 0 bridgehead atoms. The van der Waals surface area contributed by atoms with E-state index in [1.807, 2.05) is 0 Å². The molecule has 0 fully saturated rings. The summed E-state index contributed by atoms with van der Waals surface area (Å²) in [5.74, 6) is -2.58. The van der Waals surface area contributed by atoms with Crippen LogP contribution >= 0.6 is 11.6 Å². The van der Waals surface area contributed by atoms with Crippen LogP contribution in [0.25, 0.3) is 0 Å². The van der Waals surface area contributed by atoms with Gasteiger partial charge in [0.25, 0.3) is 5.78 Å². The molecule has 0 N–H and O–H groups in total. The Balaban J connectivity index is 3.37. The highest BCUT2D eigenvalue weighted by atomic mass is 35.5. The second-order valence-electron chi connectivity index (χ2n) is 2.86. The van der Waals surface area contributed by atoms with Gasteiger partial charge in [0.05, 0.1) is 19.8 Å². The van der Waals surface area contributed by atoms with Crippen molar-refractivity contribution in [1.29, 1.82) is 0 Å². The summed E-state index contributed by atoms with van der Waals surface area (Å²) in [5.41, 5.74) is -0.761. The number of carbonyl (C=O) groups is 1. The largest absolute Gasteiger partial charge is 0.481 e. The van der Waals surface area contributed by atoms with Gasteiger partial charge in [0.15, 0.2) is 0 Å². The molecule has 0 saturated carbocycles. The zero-order chi connectivity index (χ0) is 13.2. The third-order valence-corrected chi connectivity index (χ3v) is 2.17. The zero-order valence-corrected chi connectivity index (χ0v) is 9.52. The first-order valence-electron chi connectivity index (χ1n) is 4.21. The summed E-state index contributed by atoms with van der Waals surface area (Å²) in [5, 5.41) is -0.504. The Bertz CT molecular complexity index is 448. The van der Waals surface area contributed by atoms with Crippen molar-refractivity contribution in [2.45, 2.75) is 6.18 Å². The lowest BCUT2D eigenvalue weighted by atomic mass is 10.1. The SMILES string of the molecule is COc1cc(C(=O)C(F)(F)F)c(Cl)c(OC)n1. The fourth-order valence-electron chi connectivity index (χ4n) is 1.04. The van der Waals surface area contributed by atoms with Crippen LogP contribution in [0, 0.1) is 0 Å². The summed E-state index contributed by atoms with van der Waals surface area (Å²) < 4.78 is 46.1. The minimum absolute atomic E-state index is 0.196. The first-order valence-corrected chi connectivity index (χ1v) is 4.59. The Morgan fingerprint density at radius 1 is 1.35 bits per heavy atom. The number of hydrogen-bond acceptors (Lipinski definition) is 4. The van der Waals surface area contributed by atoms with E-state index in [0.717, 1.165) is 13.2 Å². The first kappa shape index (κ1) is 13.6. The molecule has 94 valence electrons. The summed E-state index contributed by atoms with van der Waals surface area (Å²) in [7, 11) is 2.35. The Hall–Kier alpha value is -1.50. The third-order valence-electron chi connectivity index (χ3n) is 1.81. The molecule has 0 atom stereocenters. The van der Waals surface area contributed by atoms with Gasteiger partial charge in [0.1, 0.15) is 5.02 Å². The van der Waals surface area contributed by atoms with Crippen LogP contribution in [0.3, 0.4) is 0 Å². The molecular weight excluding hydrogens is 263 g/mol. The number of hydrogen-bond donors (Lipinski definition) is 0. The molecule has 0 saturated heterocycles. The second-order valence-corrected chi connectivity index (χ2v) is 3.24. The Labute approximate surface area is 99.3 Å². The fraction of sp³-hybridized carbons (Fsp3) is 0.333. The normalized spacial score (nSPS) is 11.2. The van der Waals surface area contributed by atoms with E-state index in [0.29, 0.717) is 0 Å². The van der Waals surface area contributed by atoms with Gasteiger partial charge in [-0.3, -0.25) is 4.79 Å². The predicted molar refractivity (Wildman–Crippen MR) is 52.7 cm³/mol. The predicted octanol–water partition coefficient (Wildman–Crippen LogP) is 2.50. The van der Waals surface area contributed by atoms with Crippen molar-refractivity contribution < 1.29 is 27.4 Å². The molecule has 0 aliphatic carbocycles. The van der Waals surface area contributed by atoms with E-state index in [1.54, 1.807) is 0 Å². The van der Waals surface area contributed by atoms with Gasteiger partial charge in [-0.2, -0.15) is 18.2 Å². The number of pyridine rings is 1. The van der Waals surface area contributed by atoms with Gasteiger partial charge in [0.2, 0.25) is 11.8 Å². The van der Waals surface area contributed by atoms with E-state index >= 15 is 0 Å². The van der Waals surface area contributed by atoms with Crippen molar-refractivity contribution in [2.75, 3.05) is 14.2 Å². The van der Waals surface area contributed by atoms with Gasteiger partial charge >= 0.3 is 6.18 Å². The number of alkyl halides is 3. The molecule has 0 aliphatic heterocycles. The summed E-state index contributed by atoms with van der Waals surface area (Å²) in [6, 6.07) is 0.806. The average molecular weight is 270 g/mol. The molecule has 1 heterocycles. The minimum atomic E-state index is -5.03. The van der Waals surface area contributed by atoms with Crippen LogP contribution in [-0.4, -0.2) is 31.2 Å². The summed E-state index contributed by atoms with van der Waals surface area (Å²) in [4.78, 5) is 14.7. The lowest BCUT2D eigenvalue weighted by molar-refractivity contribution is -0.0885. The molecule has 0 aromatic carbocycles. The van der Waals surface area contributed by atoms with Crippen LogP contribution in [-0.2, 0) is 0 Å². The molecule has 1 rings (SSSR count). The summed E-state index contributed by atoms with van der Waals surface area (Å²) in [6.07, 6.45) is -5.03. The number of ether oxygens (including phenoxy) is 2. The smallest absolute Gasteiger partial charge is 0.454 e. The van der Waals surface area contributed by atoms with Crippen LogP contribution in [0.15, 0.2) is 6.07 Å². The summed E-state index contributed by atoms with van der Waals surface area (Å²) in [6.45, 7) is 0. The molecule has 0 spiro atoms. The van der Waals surface area contributed by atoms with Gasteiger partial charge in [-0.15, -0.1) is 0 Å². The Kier molecular flexibility index (Phi) is 3.82. The number of ketones is 1. The molecular formula is C9H7ClF3NO3. The van der Waals surface area contributed by atoms with Gasteiger partial charge < -0.3 is 9.47 Å². The Morgan fingerprint density at radius 2 is 1.94 bits per heavy atom. The number of Topliss-reactive ketones (excluding diaryl/α,β-unsaturated/α-hetero) is 1. The maximum Gasteiger partial charge on any atom is 0.454 e.